The molecule has 0 amide bonds. The van der Waals surface area contributed by atoms with Crippen LogP contribution in [0.3, 0.4) is 0 Å². The van der Waals surface area contributed by atoms with Crippen LogP contribution in [0.2, 0.25) is 10.0 Å². The highest BCUT2D eigenvalue weighted by atomic mass is 35.5. The van der Waals surface area contributed by atoms with E-state index in [0.717, 1.165) is 84.9 Å². The molecule has 0 N–H and O–H groups in total. The van der Waals surface area contributed by atoms with Gasteiger partial charge < -0.3 is 9.80 Å². The second kappa shape index (κ2) is 10.9. The van der Waals surface area contributed by atoms with Crippen LogP contribution >= 0.6 is 23.2 Å². The van der Waals surface area contributed by atoms with Crippen molar-refractivity contribution in [2.75, 3.05) is 49.1 Å². The van der Waals surface area contributed by atoms with Gasteiger partial charge in [-0.15, -0.1) is 0 Å². The van der Waals surface area contributed by atoms with Gasteiger partial charge in [0.15, 0.2) is 5.65 Å². The molecule has 0 bridgehead atoms. The Morgan fingerprint density at radius 1 is 0.757 bits per heavy atom. The van der Waals surface area contributed by atoms with Gasteiger partial charge in [-0.1, -0.05) is 60.3 Å². The van der Waals surface area contributed by atoms with Crippen LogP contribution in [0.5, 0.6) is 0 Å². The third kappa shape index (κ3) is 5.26. The molecule has 7 nitrogen and oxygen atoms in total. The normalized spacial score (nSPS) is 17.4. The summed E-state index contributed by atoms with van der Waals surface area (Å²) >= 11 is 12.5. The first kappa shape index (κ1) is 24.5. The minimum Gasteiger partial charge on any atom is -0.353 e. The van der Waals surface area contributed by atoms with Crippen molar-refractivity contribution in [3.05, 3.63) is 70.3 Å². The number of fused-ring (bicyclic) bond motifs is 1. The molecule has 0 saturated carbocycles. The molecular weight excluding hydrogens is 505 g/mol. The summed E-state index contributed by atoms with van der Waals surface area (Å²) in [7, 11) is 0. The molecule has 0 aliphatic carbocycles. The number of halogens is 2. The number of piperazine rings is 1. The van der Waals surface area contributed by atoms with Crippen LogP contribution in [0.25, 0.3) is 16.7 Å². The molecule has 0 radical (unpaired) electrons. The Hall–Kier alpha value is -2.87. The third-order valence-electron chi connectivity index (χ3n) is 7.37. The highest BCUT2D eigenvalue weighted by Gasteiger charge is 2.25. The average Bonchev–Trinajstić information content (AvgIpc) is 3.16. The Kier molecular flexibility index (Phi) is 7.18. The van der Waals surface area contributed by atoms with E-state index in [4.69, 9.17) is 38.3 Å². The largest absolute Gasteiger partial charge is 0.353 e. The molecule has 2 aliphatic rings. The monoisotopic (exact) mass is 535 g/mol. The number of anilines is 2. The van der Waals surface area contributed by atoms with E-state index in [1.165, 1.54) is 25.7 Å². The van der Waals surface area contributed by atoms with E-state index in [2.05, 4.69) is 26.8 Å². The number of benzene rings is 2. The van der Waals surface area contributed by atoms with Crippen LogP contribution in [0.15, 0.2) is 54.7 Å². The van der Waals surface area contributed by atoms with Gasteiger partial charge in [-0.2, -0.15) is 15.1 Å². The molecule has 4 aromatic rings. The van der Waals surface area contributed by atoms with Crippen LogP contribution in [0.4, 0.5) is 11.8 Å². The molecule has 192 valence electrons. The molecule has 2 aliphatic heterocycles. The molecule has 0 spiro atoms. The van der Waals surface area contributed by atoms with Gasteiger partial charge in [-0.05, 0) is 42.7 Å². The number of rotatable bonds is 5. The van der Waals surface area contributed by atoms with E-state index in [1.807, 2.05) is 47.3 Å². The molecule has 4 heterocycles. The molecule has 6 rings (SSSR count). The van der Waals surface area contributed by atoms with Gasteiger partial charge in [0.1, 0.15) is 5.82 Å². The number of nitrogens with zero attached hydrogens (tertiary/aromatic N) is 7. The van der Waals surface area contributed by atoms with Crippen LogP contribution < -0.4 is 9.80 Å². The fourth-order valence-corrected chi connectivity index (χ4v) is 5.77. The van der Waals surface area contributed by atoms with Crippen molar-refractivity contribution >= 4 is 46.0 Å². The van der Waals surface area contributed by atoms with Gasteiger partial charge in [0.05, 0.1) is 17.3 Å². The molecule has 0 unspecified atom stereocenters. The van der Waals surface area contributed by atoms with Crippen LogP contribution in [-0.4, -0.2) is 63.9 Å². The summed E-state index contributed by atoms with van der Waals surface area (Å²) in [5.74, 6) is 1.80. The molecule has 0 atom stereocenters. The standard InChI is InChI=1S/C28H31Cl2N7/c29-22-11-10-21(25(30)18-22)20-34-14-16-35(17-15-34)26-24-19-31-37(23-8-4-3-5-9-23)27(24)33-28(32-26)36-12-6-1-2-7-13-36/h3-5,8-11,18-19H,1-2,6-7,12-17,20H2. The lowest BCUT2D eigenvalue weighted by Gasteiger charge is -2.36. The van der Waals surface area contributed by atoms with Crippen LogP contribution in [0.1, 0.15) is 31.2 Å². The quantitative estimate of drug-likeness (QED) is 0.320. The lowest BCUT2D eigenvalue weighted by Crippen LogP contribution is -2.46. The maximum atomic E-state index is 6.44. The summed E-state index contributed by atoms with van der Waals surface area (Å²) in [6.45, 7) is 6.43. The van der Waals surface area contributed by atoms with E-state index >= 15 is 0 Å². The molecule has 37 heavy (non-hydrogen) atoms. The molecule has 2 aromatic heterocycles. The first-order valence-corrected chi connectivity index (χ1v) is 13.9. The maximum absolute atomic E-state index is 6.44. The zero-order valence-corrected chi connectivity index (χ0v) is 22.4. The topological polar surface area (TPSA) is 53.3 Å². The zero-order valence-electron chi connectivity index (χ0n) is 20.9. The first-order chi connectivity index (χ1) is 18.2. The predicted molar refractivity (Wildman–Crippen MR) is 151 cm³/mol. The fourth-order valence-electron chi connectivity index (χ4n) is 5.30. The minimum absolute atomic E-state index is 0.669. The van der Waals surface area contributed by atoms with Gasteiger partial charge in [-0.25, -0.2) is 4.68 Å². The minimum atomic E-state index is 0.669. The van der Waals surface area contributed by atoms with Crippen molar-refractivity contribution in [2.24, 2.45) is 0 Å². The van der Waals surface area contributed by atoms with E-state index < -0.39 is 0 Å². The van der Waals surface area contributed by atoms with E-state index in [-0.39, 0.29) is 0 Å². The number of hydrogen-bond donors (Lipinski definition) is 0. The summed E-state index contributed by atoms with van der Waals surface area (Å²) in [6, 6.07) is 16.0. The van der Waals surface area contributed by atoms with Crippen molar-refractivity contribution in [1.82, 2.24) is 24.6 Å². The fraction of sp³-hybridized carbons (Fsp3) is 0.393. The summed E-state index contributed by atoms with van der Waals surface area (Å²) in [4.78, 5) is 17.4. The predicted octanol–water partition coefficient (Wildman–Crippen LogP) is 5.82. The molecular formula is C28H31Cl2N7. The van der Waals surface area contributed by atoms with Crippen LogP contribution in [0, 0.1) is 0 Å². The number of para-hydroxylation sites is 1. The maximum Gasteiger partial charge on any atom is 0.229 e. The molecule has 9 heteroatoms. The Morgan fingerprint density at radius 3 is 2.24 bits per heavy atom. The second-order valence-corrected chi connectivity index (χ2v) is 10.7. The van der Waals surface area contributed by atoms with Gasteiger partial charge in [0, 0.05) is 55.9 Å². The smallest absolute Gasteiger partial charge is 0.229 e. The highest BCUT2D eigenvalue weighted by molar-refractivity contribution is 6.35. The lowest BCUT2D eigenvalue weighted by atomic mass is 10.2. The summed E-state index contributed by atoms with van der Waals surface area (Å²) in [6.07, 6.45) is 6.82. The first-order valence-electron chi connectivity index (χ1n) is 13.1. The Labute approximate surface area is 227 Å². The van der Waals surface area contributed by atoms with Crippen molar-refractivity contribution in [3.63, 3.8) is 0 Å². The van der Waals surface area contributed by atoms with Gasteiger partial charge >= 0.3 is 0 Å². The number of hydrogen-bond acceptors (Lipinski definition) is 6. The van der Waals surface area contributed by atoms with Gasteiger partial charge in [0.2, 0.25) is 5.95 Å². The average molecular weight is 537 g/mol. The molecule has 2 fully saturated rings. The SMILES string of the molecule is Clc1ccc(CN2CCN(c3nc(N4CCCCCC4)nc4c3cnn4-c3ccccc3)CC2)c(Cl)c1. The molecule has 2 saturated heterocycles. The Bertz CT molecular complexity index is 1360. The van der Waals surface area contributed by atoms with Crippen molar-refractivity contribution < 1.29 is 0 Å². The van der Waals surface area contributed by atoms with E-state index in [0.29, 0.717) is 5.02 Å². The molecule has 2 aromatic carbocycles. The Morgan fingerprint density at radius 2 is 1.51 bits per heavy atom. The summed E-state index contributed by atoms with van der Waals surface area (Å²) in [5.41, 5.74) is 2.98. The van der Waals surface area contributed by atoms with Gasteiger partial charge in [0.25, 0.3) is 0 Å². The zero-order chi connectivity index (χ0) is 25.2. The van der Waals surface area contributed by atoms with Crippen molar-refractivity contribution in [2.45, 2.75) is 32.2 Å². The van der Waals surface area contributed by atoms with Crippen molar-refractivity contribution in [1.29, 1.82) is 0 Å². The second-order valence-electron chi connectivity index (χ2n) is 9.88. The highest BCUT2D eigenvalue weighted by Crippen LogP contribution is 2.30. The van der Waals surface area contributed by atoms with Gasteiger partial charge in [-0.3, -0.25) is 4.90 Å². The van der Waals surface area contributed by atoms with Crippen LogP contribution in [-0.2, 0) is 6.54 Å². The van der Waals surface area contributed by atoms with Crippen molar-refractivity contribution in [3.8, 4) is 5.69 Å². The van der Waals surface area contributed by atoms with E-state index in [1.54, 1.807) is 0 Å². The Balaban J connectivity index is 1.30. The summed E-state index contributed by atoms with van der Waals surface area (Å²) in [5, 5.41) is 7.14. The number of aromatic nitrogens is 4. The lowest BCUT2D eigenvalue weighted by molar-refractivity contribution is 0.249. The van der Waals surface area contributed by atoms with E-state index in [9.17, 15) is 0 Å². The summed E-state index contributed by atoms with van der Waals surface area (Å²) < 4.78 is 1.95. The third-order valence-corrected chi connectivity index (χ3v) is 7.95.